The summed E-state index contributed by atoms with van der Waals surface area (Å²) in [5, 5.41) is 11.5. The first-order chi connectivity index (χ1) is 38.2. The molecule has 0 N–H and O–H groups in total. The first kappa shape index (κ1) is 43.0. The second-order valence-corrected chi connectivity index (χ2v) is 19.9. The summed E-state index contributed by atoms with van der Waals surface area (Å²) in [7, 11) is 0. The van der Waals surface area contributed by atoms with Crippen LogP contribution in [0.25, 0.3) is 155 Å². The van der Waals surface area contributed by atoms with Crippen molar-refractivity contribution in [3.05, 3.63) is 261 Å². The van der Waals surface area contributed by atoms with Crippen LogP contribution >= 0.6 is 0 Å². The summed E-state index contributed by atoms with van der Waals surface area (Å²) in [4.78, 5) is 16.1. The molecule has 77 heavy (non-hydrogen) atoms. The van der Waals surface area contributed by atoms with E-state index in [2.05, 4.69) is 258 Å². The Balaban J connectivity index is 0.941. The maximum Gasteiger partial charge on any atom is 0.164 e. The van der Waals surface area contributed by atoms with Crippen molar-refractivity contribution < 1.29 is 4.42 Å². The van der Waals surface area contributed by atoms with Crippen molar-refractivity contribution in [2.75, 3.05) is 0 Å². The summed E-state index contributed by atoms with van der Waals surface area (Å²) in [6.45, 7) is 0. The van der Waals surface area contributed by atoms with Crippen molar-refractivity contribution in [1.82, 2.24) is 24.1 Å². The molecule has 6 heteroatoms. The molecule has 12 aromatic carbocycles. The molecule has 0 unspecified atom stereocenters. The normalized spacial score (nSPS) is 11.9. The zero-order chi connectivity index (χ0) is 50.6. The Kier molecular flexibility index (Phi) is 9.53. The summed E-state index contributed by atoms with van der Waals surface area (Å²) in [6, 6.07) is 92.8. The quantitative estimate of drug-likeness (QED) is 0.160. The van der Waals surface area contributed by atoms with Gasteiger partial charge in [-0.15, -0.1) is 0 Å². The largest absolute Gasteiger partial charge is 0.456 e. The van der Waals surface area contributed by atoms with Crippen LogP contribution in [0, 0.1) is 0 Å². The van der Waals surface area contributed by atoms with Gasteiger partial charge in [0.15, 0.2) is 17.5 Å². The fraction of sp³-hybridized carbons (Fsp3) is 0. The van der Waals surface area contributed by atoms with Gasteiger partial charge >= 0.3 is 0 Å². The number of furan rings is 1. The minimum Gasteiger partial charge on any atom is -0.456 e. The van der Waals surface area contributed by atoms with Gasteiger partial charge < -0.3 is 13.6 Å². The Labute approximate surface area is 442 Å². The van der Waals surface area contributed by atoms with Crippen LogP contribution in [0.4, 0.5) is 0 Å². The van der Waals surface area contributed by atoms with E-state index in [0.29, 0.717) is 17.5 Å². The van der Waals surface area contributed by atoms with Crippen LogP contribution in [0.15, 0.2) is 265 Å². The van der Waals surface area contributed by atoms with Gasteiger partial charge in [-0.25, -0.2) is 15.0 Å². The second kappa shape index (κ2) is 17.1. The monoisotopic (exact) mass is 981 g/mol. The number of benzene rings is 12. The molecule has 16 rings (SSSR count). The van der Waals surface area contributed by atoms with Crippen LogP contribution in [0.2, 0.25) is 0 Å². The molecular weight excluding hydrogens is 939 g/mol. The fourth-order valence-corrected chi connectivity index (χ4v) is 12.0. The molecular formula is C71H43N5O. The molecule has 358 valence electrons. The van der Waals surface area contributed by atoms with Crippen LogP contribution < -0.4 is 0 Å². The minimum atomic E-state index is 0.556. The molecule has 0 aliphatic heterocycles. The Hall–Kier alpha value is -10.4. The van der Waals surface area contributed by atoms with Gasteiger partial charge in [-0.2, -0.15) is 0 Å². The van der Waals surface area contributed by atoms with E-state index in [9.17, 15) is 0 Å². The third kappa shape index (κ3) is 6.86. The van der Waals surface area contributed by atoms with Gasteiger partial charge in [-0.05, 0) is 92.8 Å². The molecule has 4 heterocycles. The number of para-hydroxylation sites is 2. The summed E-state index contributed by atoms with van der Waals surface area (Å²) >= 11 is 0. The maximum atomic E-state index is 7.04. The standard InChI is InChI=1S/C71H43N5O/c1-4-17-44(18-5-1)45-31-33-48(34-32-45)69-72-70(51-35-37-55-54-27-14-15-29-60(54)75(62(55)41-51)52-24-8-3-9-25-52)74-71(73-69)56-28-16-30-65-68(56)59-42-57(46-19-6-2-7-20-46)64(43-66(59)77-65)76-61-38-36-47-21-12-13-26-53(47)67(61)58-39-49-22-10-11-23-50(49)40-63(58)76/h1-43H. The number of nitrogens with zero attached hydrogens (tertiary/aromatic N) is 5. The minimum absolute atomic E-state index is 0.556. The lowest BCUT2D eigenvalue weighted by molar-refractivity contribution is 0.668. The van der Waals surface area contributed by atoms with E-state index in [1.807, 2.05) is 12.1 Å². The predicted molar refractivity (Wildman–Crippen MR) is 318 cm³/mol. The highest BCUT2D eigenvalue weighted by Gasteiger charge is 2.24. The maximum absolute atomic E-state index is 7.04. The Morgan fingerprint density at radius 2 is 0.870 bits per heavy atom. The number of hydrogen-bond donors (Lipinski definition) is 0. The van der Waals surface area contributed by atoms with Gasteiger partial charge in [-0.3, -0.25) is 0 Å². The average Bonchev–Trinajstić information content (AvgIpc) is 4.18. The molecule has 0 radical (unpaired) electrons. The zero-order valence-electron chi connectivity index (χ0n) is 41.5. The van der Waals surface area contributed by atoms with Crippen molar-refractivity contribution >= 4 is 87.1 Å². The Bertz CT molecular complexity index is 5020. The van der Waals surface area contributed by atoms with E-state index in [-0.39, 0.29) is 0 Å². The molecule has 0 aliphatic carbocycles. The molecule has 0 spiro atoms. The highest BCUT2D eigenvalue weighted by Crippen LogP contribution is 2.45. The molecule has 0 amide bonds. The number of rotatable bonds is 7. The highest BCUT2D eigenvalue weighted by molar-refractivity contribution is 6.24. The second-order valence-electron chi connectivity index (χ2n) is 19.9. The van der Waals surface area contributed by atoms with E-state index >= 15 is 0 Å². The molecule has 0 saturated carbocycles. The van der Waals surface area contributed by atoms with E-state index in [1.165, 1.54) is 37.7 Å². The van der Waals surface area contributed by atoms with E-state index in [4.69, 9.17) is 19.4 Å². The molecule has 0 atom stereocenters. The van der Waals surface area contributed by atoms with E-state index < -0.39 is 0 Å². The Morgan fingerprint density at radius 1 is 0.273 bits per heavy atom. The molecule has 0 saturated heterocycles. The first-order valence-corrected chi connectivity index (χ1v) is 26.1. The highest BCUT2D eigenvalue weighted by atomic mass is 16.3. The molecule has 4 aromatic heterocycles. The summed E-state index contributed by atoms with van der Waals surface area (Å²) in [6.07, 6.45) is 0. The number of aromatic nitrogens is 5. The molecule has 0 fully saturated rings. The summed E-state index contributed by atoms with van der Waals surface area (Å²) in [5.41, 5.74) is 15.2. The smallest absolute Gasteiger partial charge is 0.164 e. The van der Waals surface area contributed by atoms with Crippen molar-refractivity contribution in [3.8, 4) is 67.8 Å². The molecule has 0 bridgehead atoms. The van der Waals surface area contributed by atoms with Gasteiger partial charge in [0.2, 0.25) is 0 Å². The van der Waals surface area contributed by atoms with Gasteiger partial charge in [0.25, 0.3) is 0 Å². The van der Waals surface area contributed by atoms with Crippen molar-refractivity contribution in [3.63, 3.8) is 0 Å². The van der Waals surface area contributed by atoms with Gasteiger partial charge in [-0.1, -0.05) is 200 Å². The number of hydrogen-bond acceptors (Lipinski definition) is 4. The lowest BCUT2D eigenvalue weighted by atomic mass is 9.98. The van der Waals surface area contributed by atoms with Crippen LogP contribution in [-0.2, 0) is 0 Å². The van der Waals surface area contributed by atoms with E-state index in [0.717, 1.165) is 99.7 Å². The number of fused-ring (bicyclic) bond motifs is 12. The van der Waals surface area contributed by atoms with E-state index in [1.54, 1.807) is 0 Å². The van der Waals surface area contributed by atoms with Crippen molar-refractivity contribution in [2.45, 2.75) is 0 Å². The van der Waals surface area contributed by atoms with Crippen LogP contribution in [0.1, 0.15) is 0 Å². The van der Waals surface area contributed by atoms with Gasteiger partial charge in [0, 0.05) is 66.3 Å². The predicted octanol–water partition coefficient (Wildman–Crippen LogP) is 18.6. The third-order valence-electron chi connectivity index (χ3n) is 15.5. The lowest BCUT2D eigenvalue weighted by Gasteiger charge is -2.15. The van der Waals surface area contributed by atoms with Crippen LogP contribution in [0.3, 0.4) is 0 Å². The Morgan fingerprint density at radius 3 is 1.66 bits per heavy atom. The van der Waals surface area contributed by atoms with Gasteiger partial charge in [0.05, 0.1) is 27.8 Å². The third-order valence-corrected chi connectivity index (χ3v) is 15.5. The SMILES string of the molecule is c1ccc(-c2ccc(-c3nc(-c4ccc5c6ccccc6n(-c6ccccc6)c5c4)nc(-c4cccc5oc6cc(-n7c8cc9ccccc9cc8c8c9ccccc9ccc87)c(-c7ccccc7)cc6c45)n3)cc2)cc1. The van der Waals surface area contributed by atoms with Crippen molar-refractivity contribution in [2.24, 2.45) is 0 Å². The topological polar surface area (TPSA) is 61.7 Å². The molecule has 0 aliphatic rings. The lowest BCUT2D eigenvalue weighted by Crippen LogP contribution is -2.01. The summed E-state index contributed by atoms with van der Waals surface area (Å²) < 4.78 is 11.8. The zero-order valence-corrected chi connectivity index (χ0v) is 41.5. The molecule has 16 aromatic rings. The van der Waals surface area contributed by atoms with Crippen molar-refractivity contribution in [1.29, 1.82) is 0 Å². The van der Waals surface area contributed by atoms with Crippen LogP contribution in [-0.4, -0.2) is 24.1 Å². The fourth-order valence-electron chi connectivity index (χ4n) is 12.0. The first-order valence-electron chi connectivity index (χ1n) is 26.1. The van der Waals surface area contributed by atoms with Crippen LogP contribution in [0.5, 0.6) is 0 Å². The molecule has 6 nitrogen and oxygen atoms in total. The van der Waals surface area contributed by atoms with Gasteiger partial charge in [0.1, 0.15) is 11.2 Å². The average molecular weight is 982 g/mol. The summed E-state index contributed by atoms with van der Waals surface area (Å²) in [5.74, 6) is 1.71.